The molecule has 0 aliphatic carbocycles. The number of aromatic nitrogens is 2. The van der Waals surface area contributed by atoms with Crippen molar-refractivity contribution >= 4 is 5.91 Å². The third-order valence-electron chi connectivity index (χ3n) is 5.60. The zero-order valence-corrected chi connectivity index (χ0v) is 16.3. The molecule has 0 saturated carbocycles. The predicted octanol–water partition coefficient (Wildman–Crippen LogP) is 1.82. The average Bonchev–Trinajstić information content (AvgIpc) is 3.30. The SMILES string of the molecule is CC(C)n1nccc1[C@@H]1CN(Cc2cccc(C#N)c2)C[C@]12OCCNC2=O. The Morgan fingerprint density at radius 1 is 1.43 bits per heavy atom. The Bertz CT molecular complexity index is 916. The van der Waals surface area contributed by atoms with Gasteiger partial charge in [0.25, 0.3) is 5.91 Å². The Kier molecular flexibility index (Phi) is 4.92. The zero-order chi connectivity index (χ0) is 19.7. The molecule has 0 bridgehead atoms. The first kappa shape index (κ1) is 18.7. The number of rotatable bonds is 4. The molecule has 2 fully saturated rings. The third kappa shape index (κ3) is 3.19. The van der Waals surface area contributed by atoms with E-state index in [2.05, 4.69) is 35.2 Å². The molecule has 2 aliphatic rings. The standard InChI is InChI=1S/C21H25N5O2/c1-15(2)26-19(6-7-24-26)18-13-25(12-17-5-3-4-16(10-17)11-22)14-21(18)20(27)23-8-9-28-21/h3-7,10,15,18H,8-9,12-14H2,1-2H3,(H,23,27)/t18-,21-/m0/s1. The maximum absolute atomic E-state index is 13.0. The summed E-state index contributed by atoms with van der Waals surface area (Å²) in [6, 6.07) is 12.0. The smallest absolute Gasteiger partial charge is 0.254 e. The van der Waals surface area contributed by atoms with E-state index in [1.165, 1.54) is 0 Å². The van der Waals surface area contributed by atoms with Crippen molar-refractivity contribution < 1.29 is 9.53 Å². The van der Waals surface area contributed by atoms with Crippen LogP contribution in [0.3, 0.4) is 0 Å². The van der Waals surface area contributed by atoms with Crippen molar-refractivity contribution in [2.75, 3.05) is 26.2 Å². The van der Waals surface area contributed by atoms with Crippen LogP contribution in [0, 0.1) is 11.3 Å². The highest BCUT2D eigenvalue weighted by molar-refractivity contribution is 5.88. The van der Waals surface area contributed by atoms with Gasteiger partial charge in [-0.3, -0.25) is 14.4 Å². The van der Waals surface area contributed by atoms with Gasteiger partial charge in [-0.25, -0.2) is 0 Å². The number of carbonyl (C=O) groups excluding carboxylic acids is 1. The minimum Gasteiger partial charge on any atom is -0.361 e. The summed E-state index contributed by atoms with van der Waals surface area (Å²) in [5, 5.41) is 16.6. The molecule has 2 saturated heterocycles. The lowest BCUT2D eigenvalue weighted by atomic mass is 9.86. The number of nitrogens with one attached hydrogen (secondary N) is 1. The molecule has 1 N–H and O–H groups in total. The summed E-state index contributed by atoms with van der Waals surface area (Å²) < 4.78 is 8.16. The lowest BCUT2D eigenvalue weighted by molar-refractivity contribution is -0.155. The van der Waals surface area contributed by atoms with Gasteiger partial charge in [0.1, 0.15) is 0 Å². The number of benzene rings is 1. The third-order valence-corrected chi connectivity index (χ3v) is 5.60. The maximum Gasteiger partial charge on any atom is 0.254 e. The van der Waals surface area contributed by atoms with Gasteiger partial charge in [-0.1, -0.05) is 12.1 Å². The Morgan fingerprint density at radius 2 is 2.29 bits per heavy atom. The van der Waals surface area contributed by atoms with Gasteiger partial charge >= 0.3 is 0 Å². The minimum atomic E-state index is -0.905. The van der Waals surface area contributed by atoms with Crippen LogP contribution in [0.15, 0.2) is 36.5 Å². The van der Waals surface area contributed by atoms with E-state index in [1.807, 2.05) is 28.9 Å². The van der Waals surface area contributed by atoms with Crippen molar-refractivity contribution in [1.82, 2.24) is 20.0 Å². The number of hydrogen-bond acceptors (Lipinski definition) is 5. The number of carbonyl (C=O) groups is 1. The zero-order valence-electron chi connectivity index (χ0n) is 16.3. The second-order valence-corrected chi connectivity index (χ2v) is 7.82. The van der Waals surface area contributed by atoms with Crippen LogP contribution in [0.1, 0.15) is 42.6 Å². The van der Waals surface area contributed by atoms with Crippen LogP contribution in [0.25, 0.3) is 0 Å². The topological polar surface area (TPSA) is 83.2 Å². The quantitative estimate of drug-likeness (QED) is 0.876. The predicted molar refractivity (Wildman–Crippen MR) is 103 cm³/mol. The fourth-order valence-corrected chi connectivity index (χ4v) is 4.38. The van der Waals surface area contributed by atoms with Crippen LogP contribution >= 0.6 is 0 Å². The summed E-state index contributed by atoms with van der Waals surface area (Å²) >= 11 is 0. The van der Waals surface area contributed by atoms with Crippen molar-refractivity contribution in [3.63, 3.8) is 0 Å². The van der Waals surface area contributed by atoms with Crippen LogP contribution in [-0.2, 0) is 16.1 Å². The second-order valence-electron chi connectivity index (χ2n) is 7.82. The Labute approximate surface area is 164 Å². The largest absolute Gasteiger partial charge is 0.361 e. The molecule has 28 heavy (non-hydrogen) atoms. The average molecular weight is 379 g/mol. The molecule has 4 rings (SSSR count). The van der Waals surface area contributed by atoms with Gasteiger partial charge in [0.2, 0.25) is 0 Å². The van der Waals surface area contributed by atoms with Gasteiger partial charge in [0.15, 0.2) is 5.60 Å². The summed E-state index contributed by atoms with van der Waals surface area (Å²) in [6.45, 7) is 7.11. The molecule has 146 valence electrons. The van der Waals surface area contributed by atoms with Crippen molar-refractivity contribution in [2.24, 2.45) is 0 Å². The van der Waals surface area contributed by atoms with Gasteiger partial charge in [-0.15, -0.1) is 0 Å². The molecule has 1 aromatic carbocycles. The van der Waals surface area contributed by atoms with E-state index in [0.717, 1.165) is 11.3 Å². The highest BCUT2D eigenvalue weighted by atomic mass is 16.5. The Balaban J connectivity index is 1.66. The molecule has 2 atom stereocenters. The summed E-state index contributed by atoms with van der Waals surface area (Å²) in [5.41, 5.74) is 1.83. The number of morpholine rings is 1. The molecule has 0 unspecified atom stereocenters. The van der Waals surface area contributed by atoms with Crippen molar-refractivity contribution in [2.45, 2.75) is 38.0 Å². The van der Waals surface area contributed by atoms with Crippen LogP contribution in [0.5, 0.6) is 0 Å². The van der Waals surface area contributed by atoms with Crippen molar-refractivity contribution in [3.05, 3.63) is 53.3 Å². The fourth-order valence-electron chi connectivity index (χ4n) is 4.38. The summed E-state index contributed by atoms with van der Waals surface area (Å²) in [4.78, 5) is 15.2. The number of nitriles is 1. The molecule has 7 nitrogen and oxygen atoms in total. The van der Waals surface area contributed by atoms with E-state index < -0.39 is 5.60 Å². The van der Waals surface area contributed by atoms with Crippen LogP contribution in [0.4, 0.5) is 0 Å². The van der Waals surface area contributed by atoms with Crippen molar-refractivity contribution in [3.8, 4) is 6.07 Å². The first-order chi connectivity index (χ1) is 13.5. The summed E-state index contributed by atoms with van der Waals surface area (Å²) in [7, 11) is 0. The number of ether oxygens (including phenoxy) is 1. The van der Waals surface area contributed by atoms with Crippen LogP contribution < -0.4 is 5.32 Å². The number of hydrogen-bond donors (Lipinski definition) is 1. The number of likely N-dealkylation sites (tertiary alicyclic amines) is 1. The second kappa shape index (κ2) is 7.38. The Hall–Kier alpha value is -2.69. The van der Waals surface area contributed by atoms with E-state index in [-0.39, 0.29) is 17.9 Å². The van der Waals surface area contributed by atoms with E-state index >= 15 is 0 Å². The molecule has 7 heteroatoms. The lowest BCUT2D eigenvalue weighted by Crippen LogP contribution is -2.59. The van der Waals surface area contributed by atoms with Gasteiger partial charge in [0, 0.05) is 44.1 Å². The summed E-state index contributed by atoms with van der Waals surface area (Å²) in [5.74, 6) is -0.148. The summed E-state index contributed by atoms with van der Waals surface area (Å²) in [6.07, 6.45) is 1.79. The number of nitrogens with zero attached hydrogens (tertiary/aromatic N) is 4. The monoisotopic (exact) mass is 379 g/mol. The molecule has 1 aromatic heterocycles. The number of amides is 1. The molecular formula is C21H25N5O2. The van der Waals surface area contributed by atoms with Gasteiger partial charge in [-0.05, 0) is 37.6 Å². The highest BCUT2D eigenvalue weighted by Gasteiger charge is 2.56. The first-order valence-electron chi connectivity index (χ1n) is 9.70. The molecule has 1 spiro atoms. The molecule has 0 radical (unpaired) electrons. The molecule has 3 heterocycles. The van der Waals surface area contributed by atoms with E-state index in [4.69, 9.17) is 10.00 Å². The first-order valence-corrected chi connectivity index (χ1v) is 9.70. The van der Waals surface area contributed by atoms with Gasteiger partial charge in [-0.2, -0.15) is 10.4 Å². The normalized spacial score (nSPS) is 25.2. The fraction of sp³-hybridized carbons (Fsp3) is 0.476. The van der Waals surface area contributed by atoms with E-state index in [0.29, 0.717) is 38.3 Å². The van der Waals surface area contributed by atoms with E-state index in [9.17, 15) is 4.79 Å². The lowest BCUT2D eigenvalue weighted by Gasteiger charge is -2.37. The van der Waals surface area contributed by atoms with Crippen molar-refractivity contribution in [1.29, 1.82) is 5.26 Å². The molecule has 2 aromatic rings. The van der Waals surface area contributed by atoms with Gasteiger partial charge < -0.3 is 10.1 Å². The molecular weight excluding hydrogens is 354 g/mol. The molecule has 1 amide bonds. The Morgan fingerprint density at radius 3 is 3.04 bits per heavy atom. The highest BCUT2D eigenvalue weighted by Crippen LogP contribution is 2.41. The van der Waals surface area contributed by atoms with E-state index in [1.54, 1.807) is 12.3 Å². The minimum absolute atomic E-state index is 0.0477. The van der Waals surface area contributed by atoms with Crippen LogP contribution in [0.2, 0.25) is 0 Å². The van der Waals surface area contributed by atoms with Gasteiger partial charge in [0.05, 0.1) is 24.2 Å². The maximum atomic E-state index is 13.0. The van der Waals surface area contributed by atoms with Crippen LogP contribution in [-0.4, -0.2) is 52.4 Å². The molecule has 2 aliphatic heterocycles.